The van der Waals surface area contributed by atoms with E-state index in [0.29, 0.717) is 23.0 Å². The summed E-state index contributed by atoms with van der Waals surface area (Å²) in [5.74, 6) is 0.317. The third-order valence-corrected chi connectivity index (χ3v) is 3.60. The van der Waals surface area contributed by atoms with Crippen molar-refractivity contribution in [3.63, 3.8) is 0 Å². The van der Waals surface area contributed by atoms with Crippen molar-refractivity contribution in [3.8, 4) is 0 Å². The second-order valence-electron chi connectivity index (χ2n) is 4.87. The molecule has 4 heteroatoms. The summed E-state index contributed by atoms with van der Waals surface area (Å²) in [7, 11) is 1.98. The molecule has 2 N–H and O–H groups in total. The zero-order chi connectivity index (χ0) is 13.7. The maximum atomic E-state index is 13.8. The lowest BCUT2D eigenvalue weighted by atomic mass is 10.0. The predicted molar refractivity (Wildman–Crippen MR) is 75.3 cm³/mol. The molecule has 0 saturated heterocycles. The first-order valence-corrected chi connectivity index (χ1v) is 6.72. The molecule has 0 bridgehead atoms. The Morgan fingerprint density at radius 1 is 1.44 bits per heavy atom. The quantitative estimate of drug-likeness (QED) is 0.859. The van der Waals surface area contributed by atoms with Gasteiger partial charge in [-0.25, -0.2) is 4.39 Å². The zero-order valence-corrected chi connectivity index (χ0v) is 12.0. The number of nitrogens with two attached hydrogens (primary N) is 1. The molecule has 0 fully saturated rings. The van der Waals surface area contributed by atoms with E-state index in [-0.39, 0.29) is 11.9 Å². The van der Waals surface area contributed by atoms with Crippen LogP contribution >= 0.6 is 11.6 Å². The van der Waals surface area contributed by atoms with E-state index in [9.17, 15) is 4.39 Å². The Morgan fingerprint density at radius 2 is 2.11 bits per heavy atom. The van der Waals surface area contributed by atoms with E-state index in [1.807, 2.05) is 7.05 Å². The number of nitrogens with zero attached hydrogens (tertiary/aromatic N) is 1. The van der Waals surface area contributed by atoms with Gasteiger partial charge in [-0.3, -0.25) is 4.90 Å². The summed E-state index contributed by atoms with van der Waals surface area (Å²) in [5.41, 5.74) is 6.37. The van der Waals surface area contributed by atoms with E-state index in [1.165, 1.54) is 6.07 Å². The van der Waals surface area contributed by atoms with Crippen molar-refractivity contribution in [2.24, 2.45) is 11.7 Å². The van der Waals surface area contributed by atoms with Crippen molar-refractivity contribution in [1.82, 2.24) is 4.90 Å². The lowest BCUT2D eigenvalue weighted by Gasteiger charge is -2.29. The number of hydrogen-bond donors (Lipinski definition) is 1. The van der Waals surface area contributed by atoms with Crippen LogP contribution in [0, 0.1) is 11.7 Å². The van der Waals surface area contributed by atoms with Crippen LogP contribution in [0.15, 0.2) is 18.2 Å². The van der Waals surface area contributed by atoms with Gasteiger partial charge in [0.15, 0.2) is 0 Å². The molecule has 1 aromatic carbocycles. The maximum absolute atomic E-state index is 13.8. The fourth-order valence-electron chi connectivity index (χ4n) is 2.06. The summed E-state index contributed by atoms with van der Waals surface area (Å²) in [6.45, 7) is 5.60. The first-order chi connectivity index (χ1) is 8.49. The van der Waals surface area contributed by atoms with Gasteiger partial charge in [0.1, 0.15) is 5.82 Å². The van der Waals surface area contributed by atoms with E-state index in [1.54, 1.807) is 12.1 Å². The van der Waals surface area contributed by atoms with Crippen molar-refractivity contribution in [3.05, 3.63) is 34.6 Å². The average molecular weight is 273 g/mol. The number of rotatable bonds is 6. The van der Waals surface area contributed by atoms with Crippen molar-refractivity contribution in [2.45, 2.75) is 26.3 Å². The molecule has 2 atom stereocenters. The third-order valence-electron chi connectivity index (χ3n) is 3.37. The van der Waals surface area contributed by atoms with Crippen LogP contribution in [0.2, 0.25) is 5.02 Å². The maximum Gasteiger partial charge on any atom is 0.128 e. The van der Waals surface area contributed by atoms with Crippen LogP contribution in [-0.2, 0) is 0 Å². The first-order valence-electron chi connectivity index (χ1n) is 6.34. The Balaban J connectivity index is 2.91. The third kappa shape index (κ3) is 3.94. The van der Waals surface area contributed by atoms with Crippen molar-refractivity contribution in [1.29, 1.82) is 0 Å². The summed E-state index contributed by atoms with van der Waals surface area (Å²) >= 11 is 5.93. The van der Waals surface area contributed by atoms with E-state index < -0.39 is 0 Å². The standard InChI is InChI=1S/C14H22ClFN2/c1-4-10(2)9-18(3)14(8-17)12-7-11(15)5-6-13(12)16/h5-7,10,14H,4,8-9,17H2,1-3H3. The SMILES string of the molecule is CCC(C)CN(C)C(CN)c1cc(Cl)ccc1F. The molecule has 0 aromatic heterocycles. The lowest BCUT2D eigenvalue weighted by Crippen LogP contribution is -2.34. The predicted octanol–water partition coefficient (Wildman–Crippen LogP) is 3.46. The molecule has 0 aliphatic rings. The van der Waals surface area contributed by atoms with Crippen LogP contribution in [0.25, 0.3) is 0 Å². The van der Waals surface area contributed by atoms with Gasteiger partial charge in [0, 0.05) is 29.7 Å². The molecule has 2 nitrogen and oxygen atoms in total. The number of halogens is 2. The Labute approximate surface area is 114 Å². The minimum Gasteiger partial charge on any atom is -0.329 e. The van der Waals surface area contributed by atoms with Gasteiger partial charge in [-0.2, -0.15) is 0 Å². The number of likely N-dealkylation sites (N-methyl/N-ethyl adjacent to an activating group) is 1. The van der Waals surface area contributed by atoms with E-state index in [0.717, 1.165) is 13.0 Å². The van der Waals surface area contributed by atoms with Crippen LogP contribution in [0.4, 0.5) is 4.39 Å². The smallest absolute Gasteiger partial charge is 0.128 e. The Morgan fingerprint density at radius 3 is 2.67 bits per heavy atom. The molecule has 1 rings (SSSR count). The summed E-state index contributed by atoms with van der Waals surface area (Å²) in [4.78, 5) is 2.10. The van der Waals surface area contributed by atoms with Gasteiger partial charge in [-0.05, 0) is 31.2 Å². The summed E-state index contributed by atoms with van der Waals surface area (Å²) in [5, 5.41) is 0.543. The molecule has 0 saturated carbocycles. The van der Waals surface area contributed by atoms with Crippen molar-refractivity contribution < 1.29 is 4.39 Å². The molecular formula is C14H22ClFN2. The van der Waals surface area contributed by atoms with Gasteiger partial charge in [-0.15, -0.1) is 0 Å². The second-order valence-corrected chi connectivity index (χ2v) is 5.31. The van der Waals surface area contributed by atoms with Crippen molar-refractivity contribution >= 4 is 11.6 Å². The molecule has 0 heterocycles. The van der Waals surface area contributed by atoms with Crippen LogP contribution in [0.1, 0.15) is 31.9 Å². The minimum absolute atomic E-state index is 0.127. The van der Waals surface area contributed by atoms with Gasteiger partial charge in [0.25, 0.3) is 0 Å². The van der Waals surface area contributed by atoms with Crippen LogP contribution in [0.5, 0.6) is 0 Å². The summed E-state index contributed by atoms with van der Waals surface area (Å²) < 4.78 is 13.8. The van der Waals surface area contributed by atoms with Gasteiger partial charge < -0.3 is 5.73 Å². The minimum atomic E-state index is -0.245. The highest BCUT2D eigenvalue weighted by atomic mass is 35.5. The average Bonchev–Trinajstić information content (AvgIpc) is 2.34. The normalized spacial score (nSPS) is 14.8. The van der Waals surface area contributed by atoms with Gasteiger partial charge in [0.2, 0.25) is 0 Å². The molecule has 0 amide bonds. The molecule has 102 valence electrons. The number of hydrogen-bond acceptors (Lipinski definition) is 2. The van der Waals surface area contributed by atoms with E-state index in [4.69, 9.17) is 17.3 Å². The first kappa shape index (κ1) is 15.4. The molecule has 1 aromatic rings. The monoisotopic (exact) mass is 272 g/mol. The van der Waals surface area contributed by atoms with Crippen LogP contribution in [0.3, 0.4) is 0 Å². The topological polar surface area (TPSA) is 29.3 Å². The van der Waals surface area contributed by atoms with E-state index >= 15 is 0 Å². The molecule has 0 radical (unpaired) electrons. The Bertz CT molecular complexity index is 384. The largest absolute Gasteiger partial charge is 0.329 e. The molecule has 2 unspecified atom stereocenters. The second kappa shape index (κ2) is 7.07. The molecule has 18 heavy (non-hydrogen) atoms. The summed E-state index contributed by atoms with van der Waals surface area (Å²) in [6, 6.07) is 4.50. The molecule has 0 spiro atoms. The van der Waals surface area contributed by atoms with Crippen molar-refractivity contribution in [2.75, 3.05) is 20.1 Å². The Hall–Kier alpha value is -0.640. The lowest BCUT2D eigenvalue weighted by molar-refractivity contribution is 0.211. The van der Waals surface area contributed by atoms with E-state index in [2.05, 4.69) is 18.7 Å². The molecular weight excluding hydrogens is 251 g/mol. The Kier molecular flexibility index (Phi) is 6.06. The number of benzene rings is 1. The molecule has 0 aliphatic carbocycles. The van der Waals surface area contributed by atoms with Gasteiger partial charge in [-0.1, -0.05) is 31.9 Å². The summed E-state index contributed by atoms with van der Waals surface area (Å²) in [6.07, 6.45) is 1.10. The van der Waals surface area contributed by atoms with Gasteiger partial charge in [0.05, 0.1) is 0 Å². The van der Waals surface area contributed by atoms with Gasteiger partial charge >= 0.3 is 0 Å². The highest BCUT2D eigenvalue weighted by Crippen LogP contribution is 2.25. The fraction of sp³-hybridized carbons (Fsp3) is 0.571. The highest BCUT2D eigenvalue weighted by Gasteiger charge is 2.20. The fourth-order valence-corrected chi connectivity index (χ4v) is 2.24. The van der Waals surface area contributed by atoms with Crippen LogP contribution < -0.4 is 5.73 Å². The zero-order valence-electron chi connectivity index (χ0n) is 11.3. The van der Waals surface area contributed by atoms with Crippen LogP contribution in [-0.4, -0.2) is 25.0 Å². The highest BCUT2D eigenvalue weighted by molar-refractivity contribution is 6.30. The molecule has 0 aliphatic heterocycles.